The Morgan fingerprint density at radius 1 is 1.14 bits per heavy atom. The maximum absolute atomic E-state index is 11.8. The highest BCUT2D eigenvalue weighted by molar-refractivity contribution is 5.75. The largest absolute Gasteiger partial charge is 0.340 e. The Morgan fingerprint density at radius 2 is 1.81 bits per heavy atom. The van der Waals surface area contributed by atoms with Gasteiger partial charge in [0.25, 0.3) is 0 Å². The first kappa shape index (κ1) is 16.8. The lowest BCUT2D eigenvalue weighted by molar-refractivity contribution is -0.133. The molecule has 2 fully saturated rings. The minimum absolute atomic E-state index is 0.312. The van der Waals surface area contributed by atoms with Gasteiger partial charge in [-0.2, -0.15) is 0 Å². The highest BCUT2D eigenvalue weighted by Crippen LogP contribution is 2.22. The summed E-state index contributed by atoms with van der Waals surface area (Å²) < 4.78 is 0. The van der Waals surface area contributed by atoms with E-state index in [0.717, 1.165) is 25.6 Å². The van der Waals surface area contributed by atoms with Crippen LogP contribution >= 0.6 is 0 Å². The van der Waals surface area contributed by atoms with E-state index in [1.54, 1.807) is 0 Å². The lowest BCUT2D eigenvalue weighted by Gasteiger charge is -2.43. The number of nitrogens with zero attached hydrogens (tertiary/aromatic N) is 3. The van der Waals surface area contributed by atoms with Gasteiger partial charge in [0.1, 0.15) is 0 Å². The number of rotatable bonds is 4. The zero-order valence-electron chi connectivity index (χ0n) is 14.3. The quantitative estimate of drug-likeness (QED) is 0.794. The van der Waals surface area contributed by atoms with Gasteiger partial charge >= 0.3 is 0 Å². The van der Waals surface area contributed by atoms with Crippen molar-refractivity contribution in [2.24, 2.45) is 5.92 Å². The first-order valence-electron chi connectivity index (χ1n) is 8.77. The average Bonchev–Trinajstić information content (AvgIpc) is 2.49. The van der Waals surface area contributed by atoms with Crippen LogP contribution in [-0.2, 0) is 4.79 Å². The highest BCUT2D eigenvalue weighted by atomic mass is 16.2. The summed E-state index contributed by atoms with van der Waals surface area (Å²) in [5, 5.41) is 0. The van der Waals surface area contributed by atoms with E-state index in [0.29, 0.717) is 24.4 Å². The third-order valence-electron chi connectivity index (χ3n) is 5.29. The Labute approximate surface area is 130 Å². The molecule has 2 aliphatic rings. The molecule has 2 rings (SSSR count). The first-order chi connectivity index (χ1) is 10.0. The second kappa shape index (κ2) is 7.59. The Kier molecular flexibility index (Phi) is 6.06. The number of piperazine rings is 1. The lowest BCUT2D eigenvalue weighted by atomic mass is 9.94. The van der Waals surface area contributed by atoms with Crippen LogP contribution < -0.4 is 0 Å². The van der Waals surface area contributed by atoms with Crippen molar-refractivity contribution in [1.82, 2.24) is 14.7 Å². The fourth-order valence-electron chi connectivity index (χ4n) is 3.70. The van der Waals surface area contributed by atoms with Crippen molar-refractivity contribution in [3.63, 3.8) is 0 Å². The third kappa shape index (κ3) is 4.43. The van der Waals surface area contributed by atoms with Crippen LogP contribution in [0.1, 0.15) is 47.0 Å². The number of hydrogen-bond acceptors (Lipinski definition) is 3. The van der Waals surface area contributed by atoms with Crippen LogP contribution in [0.3, 0.4) is 0 Å². The zero-order chi connectivity index (χ0) is 15.4. The van der Waals surface area contributed by atoms with Gasteiger partial charge in [-0.25, -0.2) is 0 Å². The Morgan fingerprint density at radius 3 is 2.33 bits per heavy atom. The van der Waals surface area contributed by atoms with Crippen LogP contribution in [0.25, 0.3) is 0 Å². The van der Waals surface area contributed by atoms with Gasteiger partial charge in [-0.05, 0) is 52.6 Å². The maximum Gasteiger partial charge on any atom is 0.222 e. The van der Waals surface area contributed by atoms with Crippen molar-refractivity contribution in [2.75, 3.05) is 39.3 Å². The molecule has 2 heterocycles. The molecule has 4 nitrogen and oxygen atoms in total. The summed E-state index contributed by atoms with van der Waals surface area (Å²) in [6.45, 7) is 15.5. The molecule has 0 bridgehead atoms. The van der Waals surface area contributed by atoms with Gasteiger partial charge in [-0.1, -0.05) is 6.92 Å². The minimum atomic E-state index is 0.312. The molecular formula is C17H33N3O. The molecule has 1 atom stereocenters. The molecule has 1 unspecified atom stereocenters. The van der Waals surface area contributed by atoms with Gasteiger partial charge in [0.15, 0.2) is 0 Å². The van der Waals surface area contributed by atoms with Gasteiger partial charge < -0.3 is 9.80 Å². The van der Waals surface area contributed by atoms with Crippen LogP contribution in [0, 0.1) is 5.92 Å². The van der Waals surface area contributed by atoms with E-state index in [1.165, 1.54) is 32.5 Å². The van der Waals surface area contributed by atoms with Crippen LogP contribution in [0.2, 0.25) is 0 Å². The van der Waals surface area contributed by atoms with Crippen molar-refractivity contribution >= 4 is 5.91 Å². The molecule has 0 aliphatic carbocycles. The van der Waals surface area contributed by atoms with Gasteiger partial charge in [-0.3, -0.25) is 9.69 Å². The monoisotopic (exact) mass is 295 g/mol. The minimum Gasteiger partial charge on any atom is -0.340 e. The molecule has 0 aromatic carbocycles. The molecule has 0 aromatic rings. The predicted molar refractivity (Wildman–Crippen MR) is 87.3 cm³/mol. The summed E-state index contributed by atoms with van der Waals surface area (Å²) >= 11 is 0. The summed E-state index contributed by atoms with van der Waals surface area (Å²) in [6, 6.07) is 1.20. The second-order valence-corrected chi connectivity index (χ2v) is 7.11. The van der Waals surface area contributed by atoms with Gasteiger partial charge in [0.2, 0.25) is 5.91 Å². The fraction of sp³-hybridized carbons (Fsp3) is 0.941. The lowest BCUT2D eigenvalue weighted by Crippen LogP contribution is -2.55. The molecule has 1 amide bonds. The van der Waals surface area contributed by atoms with E-state index in [1.807, 2.05) is 11.8 Å². The molecule has 2 aliphatic heterocycles. The zero-order valence-corrected chi connectivity index (χ0v) is 14.3. The van der Waals surface area contributed by atoms with Crippen LogP contribution in [0.4, 0.5) is 0 Å². The molecule has 0 saturated carbocycles. The number of likely N-dealkylation sites (tertiary alicyclic amines) is 1. The van der Waals surface area contributed by atoms with E-state index < -0.39 is 0 Å². The average molecular weight is 295 g/mol. The molecule has 2 saturated heterocycles. The van der Waals surface area contributed by atoms with E-state index in [4.69, 9.17) is 0 Å². The van der Waals surface area contributed by atoms with E-state index >= 15 is 0 Å². The SMILES string of the molecule is CCC(=O)N1CCN(CC2CCN(C(C)C)CC2)C(C)C1. The summed E-state index contributed by atoms with van der Waals surface area (Å²) in [7, 11) is 0. The number of amides is 1. The van der Waals surface area contributed by atoms with Crippen molar-refractivity contribution in [1.29, 1.82) is 0 Å². The third-order valence-corrected chi connectivity index (χ3v) is 5.29. The molecule has 0 radical (unpaired) electrons. The Bertz CT molecular complexity index is 337. The van der Waals surface area contributed by atoms with E-state index in [9.17, 15) is 4.79 Å². The first-order valence-corrected chi connectivity index (χ1v) is 8.77. The summed E-state index contributed by atoms with van der Waals surface area (Å²) in [5.74, 6) is 1.16. The standard InChI is InChI=1S/C17H33N3O/c1-5-17(21)20-11-10-19(15(4)12-20)13-16-6-8-18(9-7-16)14(2)3/h14-16H,5-13H2,1-4H3. The highest BCUT2D eigenvalue weighted by Gasteiger charge is 2.29. The van der Waals surface area contributed by atoms with Gasteiger partial charge in [-0.15, -0.1) is 0 Å². The molecule has 21 heavy (non-hydrogen) atoms. The fourth-order valence-corrected chi connectivity index (χ4v) is 3.70. The van der Waals surface area contributed by atoms with Gasteiger partial charge in [0, 0.05) is 44.7 Å². The van der Waals surface area contributed by atoms with Crippen molar-refractivity contribution in [3.05, 3.63) is 0 Å². The predicted octanol–water partition coefficient (Wildman–Crippen LogP) is 2.05. The summed E-state index contributed by atoms with van der Waals surface area (Å²) in [5.41, 5.74) is 0. The smallest absolute Gasteiger partial charge is 0.222 e. The maximum atomic E-state index is 11.8. The van der Waals surface area contributed by atoms with E-state index in [-0.39, 0.29) is 0 Å². The van der Waals surface area contributed by atoms with Crippen molar-refractivity contribution < 1.29 is 4.79 Å². The molecule has 0 N–H and O–H groups in total. The van der Waals surface area contributed by atoms with Crippen molar-refractivity contribution in [3.8, 4) is 0 Å². The van der Waals surface area contributed by atoms with Crippen LogP contribution in [0.5, 0.6) is 0 Å². The van der Waals surface area contributed by atoms with Crippen LogP contribution in [0.15, 0.2) is 0 Å². The van der Waals surface area contributed by atoms with Crippen molar-refractivity contribution in [2.45, 2.75) is 59.0 Å². The molecule has 0 aromatic heterocycles. The molecular weight excluding hydrogens is 262 g/mol. The molecule has 0 spiro atoms. The van der Waals surface area contributed by atoms with Crippen LogP contribution in [-0.4, -0.2) is 72.0 Å². The Hall–Kier alpha value is -0.610. The van der Waals surface area contributed by atoms with Gasteiger partial charge in [0.05, 0.1) is 0 Å². The number of piperidine rings is 1. The Balaban J connectivity index is 1.76. The molecule has 4 heteroatoms. The molecule has 122 valence electrons. The van der Waals surface area contributed by atoms with E-state index in [2.05, 4.69) is 30.6 Å². The number of carbonyl (C=O) groups is 1. The summed E-state index contributed by atoms with van der Waals surface area (Å²) in [6.07, 6.45) is 3.30. The second-order valence-electron chi connectivity index (χ2n) is 7.11. The number of hydrogen-bond donors (Lipinski definition) is 0. The number of carbonyl (C=O) groups excluding carboxylic acids is 1. The topological polar surface area (TPSA) is 26.8 Å². The summed E-state index contributed by atoms with van der Waals surface area (Å²) in [4.78, 5) is 19.1. The normalized spacial score (nSPS) is 26.5.